The molecule has 3 nitrogen and oxygen atoms in total. The van der Waals surface area contributed by atoms with Crippen LogP contribution >= 0.6 is 38.6 Å². The summed E-state index contributed by atoms with van der Waals surface area (Å²) in [6.07, 6.45) is 3.01. The Balaban J connectivity index is 1.94. The number of allylic oxidation sites excluding steroid dienone is 1. The highest BCUT2D eigenvalue weighted by Gasteiger charge is 2.23. The van der Waals surface area contributed by atoms with Crippen molar-refractivity contribution in [3.8, 4) is 0 Å². The van der Waals surface area contributed by atoms with Crippen molar-refractivity contribution >= 4 is 60.5 Å². The van der Waals surface area contributed by atoms with Crippen molar-refractivity contribution in [2.75, 3.05) is 0 Å². The zero-order chi connectivity index (χ0) is 15.4. The molecule has 0 atom stereocenters. The fraction of sp³-hybridized carbons (Fsp3) is 0.250. The molecular formula is C16H13BrN2OS2. The number of aromatic nitrogens is 2. The first-order valence-electron chi connectivity index (χ1n) is 7.00. The minimum Gasteiger partial charge on any atom is -0.292 e. The maximum atomic E-state index is 12.8. The van der Waals surface area contributed by atoms with E-state index >= 15 is 0 Å². The summed E-state index contributed by atoms with van der Waals surface area (Å²) in [7, 11) is 0. The second-order valence-electron chi connectivity index (χ2n) is 5.46. The van der Waals surface area contributed by atoms with Gasteiger partial charge in [0.05, 0.1) is 9.17 Å². The second kappa shape index (κ2) is 5.15. The minimum absolute atomic E-state index is 0.108. The standard InChI is InChI=1S/C16H13BrN2OS2/c1-8-9(2)22-15-13(8)16(20)19-4-3-11(14(19)18-15)5-10-6-12(17)21-7-10/h5-7H,3-4H2,1-2H3/b11-5+. The van der Waals surface area contributed by atoms with Crippen LogP contribution in [-0.2, 0) is 6.54 Å². The molecule has 22 heavy (non-hydrogen) atoms. The van der Waals surface area contributed by atoms with Crippen molar-refractivity contribution in [3.63, 3.8) is 0 Å². The van der Waals surface area contributed by atoms with Crippen molar-refractivity contribution in [1.82, 2.24) is 9.55 Å². The van der Waals surface area contributed by atoms with Crippen molar-refractivity contribution in [2.24, 2.45) is 0 Å². The lowest BCUT2D eigenvalue weighted by Gasteiger charge is -2.03. The fourth-order valence-electron chi connectivity index (χ4n) is 2.86. The van der Waals surface area contributed by atoms with E-state index in [1.54, 1.807) is 22.7 Å². The van der Waals surface area contributed by atoms with Gasteiger partial charge in [-0.3, -0.25) is 9.36 Å². The van der Waals surface area contributed by atoms with E-state index in [1.165, 1.54) is 4.88 Å². The first-order valence-corrected chi connectivity index (χ1v) is 9.49. The molecule has 0 radical (unpaired) electrons. The largest absolute Gasteiger partial charge is 0.292 e. The van der Waals surface area contributed by atoms with Crippen molar-refractivity contribution in [1.29, 1.82) is 0 Å². The molecule has 1 aliphatic heterocycles. The third-order valence-electron chi connectivity index (χ3n) is 4.11. The maximum Gasteiger partial charge on any atom is 0.262 e. The summed E-state index contributed by atoms with van der Waals surface area (Å²) in [5.41, 5.74) is 3.49. The highest BCUT2D eigenvalue weighted by molar-refractivity contribution is 9.11. The molecule has 0 amide bonds. The zero-order valence-electron chi connectivity index (χ0n) is 12.1. The predicted octanol–water partition coefficient (Wildman–Crippen LogP) is 4.84. The van der Waals surface area contributed by atoms with Crippen LogP contribution in [0.4, 0.5) is 0 Å². The highest BCUT2D eigenvalue weighted by Crippen LogP contribution is 2.32. The van der Waals surface area contributed by atoms with Crippen LogP contribution in [-0.4, -0.2) is 9.55 Å². The van der Waals surface area contributed by atoms with Crippen LogP contribution in [0.2, 0.25) is 0 Å². The second-order valence-corrected chi connectivity index (χ2v) is 8.95. The molecule has 0 unspecified atom stereocenters. The lowest BCUT2D eigenvalue weighted by atomic mass is 10.1. The van der Waals surface area contributed by atoms with E-state index < -0.39 is 0 Å². The Morgan fingerprint density at radius 1 is 1.41 bits per heavy atom. The quantitative estimate of drug-likeness (QED) is 0.593. The first-order chi connectivity index (χ1) is 10.5. The molecular weight excluding hydrogens is 380 g/mol. The monoisotopic (exact) mass is 392 g/mol. The van der Waals surface area contributed by atoms with E-state index in [-0.39, 0.29) is 5.56 Å². The third-order valence-corrected chi connectivity index (χ3v) is 6.73. The number of fused-ring (bicyclic) bond motifs is 2. The Morgan fingerprint density at radius 3 is 2.95 bits per heavy atom. The van der Waals surface area contributed by atoms with Gasteiger partial charge in [-0.2, -0.15) is 0 Å². The predicted molar refractivity (Wildman–Crippen MR) is 97.9 cm³/mol. The Labute approximate surface area is 144 Å². The number of thiophene rings is 2. The van der Waals surface area contributed by atoms with E-state index in [2.05, 4.69) is 40.4 Å². The Kier molecular flexibility index (Phi) is 3.36. The van der Waals surface area contributed by atoms with Crippen molar-refractivity contribution in [2.45, 2.75) is 26.8 Å². The van der Waals surface area contributed by atoms with E-state index in [4.69, 9.17) is 4.98 Å². The van der Waals surface area contributed by atoms with Gasteiger partial charge in [-0.25, -0.2) is 4.98 Å². The summed E-state index contributed by atoms with van der Waals surface area (Å²) in [5.74, 6) is 0.834. The van der Waals surface area contributed by atoms with Gasteiger partial charge in [0.2, 0.25) is 0 Å². The molecule has 0 aliphatic carbocycles. The molecule has 0 saturated heterocycles. The number of aryl methyl sites for hydroxylation is 2. The van der Waals surface area contributed by atoms with E-state index in [0.717, 1.165) is 49.5 Å². The topological polar surface area (TPSA) is 34.9 Å². The smallest absolute Gasteiger partial charge is 0.262 e. The van der Waals surface area contributed by atoms with Gasteiger partial charge in [0.25, 0.3) is 5.56 Å². The zero-order valence-corrected chi connectivity index (χ0v) is 15.4. The van der Waals surface area contributed by atoms with E-state index in [0.29, 0.717) is 0 Å². The Bertz CT molecular complexity index is 994. The van der Waals surface area contributed by atoms with Crippen molar-refractivity contribution in [3.05, 3.63) is 47.4 Å². The van der Waals surface area contributed by atoms with Crippen LogP contribution in [0.3, 0.4) is 0 Å². The summed E-state index contributed by atoms with van der Waals surface area (Å²) in [5, 5.41) is 2.90. The Hall–Kier alpha value is -1.24. The van der Waals surface area contributed by atoms with Crippen LogP contribution in [0.5, 0.6) is 0 Å². The number of nitrogens with zero attached hydrogens (tertiary/aromatic N) is 2. The number of hydrogen-bond donors (Lipinski definition) is 0. The van der Waals surface area contributed by atoms with Crippen LogP contribution < -0.4 is 5.56 Å². The minimum atomic E-state index is 0.108. The molecule has 3 aromatic heterocycles. The maximum absolute atomic E-state index is 12.8. The normalized spacial score (nSPS) is 15.9. The van der Waals surface area contributed by atoms with Gasteiger partial charge >= 0.3 is 0 Å². The van der Waals surface area contributed by atoms with Gasteiger partial charge in [0.1, 0.15) is 10.7 Å². The number of hydrogen-bond acceptors (Lipinski definition) is 4. The summed E-state index contributed by atoms with van der Waals surface area (Å²) < 4.78 is 2.94. The van der Waals surface area contributed by atoms with E-state index in [1.807, 2.05) is 11.5 Å². The van der Waals surface area contributed by atoms with Crippen LogP contribution in [0.1, 0.15) is 28.2 Å². The summed E-state index contributed by atoms with van der Waals surface area (Å²) in [6, 6.07) is 2.09. The van der Waals surface area contributed by atoms with Crippen LogP contribution in [0.15, 0.2) is 20.0 Å². The molecule has 112 valence electrons. The lowest BCUT2D eigenvalue weighted by molar-refractivity contribution is 0.726. The molecule has 6 heteroatoms. The lowest BCUT2D eigenvalue weighted by Crippen LogP contribution is -2.20. The van der Waals surface area contributed by atoms with E-state index in [9.17, 15) is 4.79 Å². The molecule has 0 saturated carbocycles. The van der Waals surface area contributed by atoms with Crippen LogP contribution in [0, 0.1) is 13.8 Å². The molecule has 4 rings (SSSR count). The molecule has 4 heterocycles. The van der Waals surface area contributed by atoms with Crippen molar-refractivity contribution < 1.29 is 0 Å². The third kappa shape index (κ3) is 2.13. The number of halogens is 1. The summed E-state index contributed by atoms with van der Waals surface area (Å²) >= 11 is 6.77. The highest BCUT2D eigenvalue weighted by atomic mass is 79.9. The molecule has 3 aromatic rings. The number of rotatable bonds is 1. The van der Waals surface area contributed by atoms with Gasteiger partial charge in [-0.1, -0.05) is 0 Å². The van der Waals surface area contributed by atoms with Gasteiger partial charge < -0.3 is 0 Å². The van der Waals surface area contributed by atoms with Gasteiger partial charge in [0.15, 0.2) is 0 Å². The SMILES string of the molecule is Cc1sc2nc3n(c(=O)c2c1C)CC/C3=C\c1csc(Br)c1. The molecule has 0 N–H and O–H groups in total. The summed E-state index contributed by atoms with van der Waals surface area (Å²) in [6.45, 7) is 4.79. The Morgan fingerprint density at radius 2 is 2.23 bits per heavy atom. The first kappa shape index (κ1) is 14.4. The average Bonchev–Trinajstić information content (AvgIpc) is 3.13. The van der Waals surface area contributed by atoms with Gasteiger partial charge in [-0.05, 0) is 70.4 Å². The van der Waals surface area contributed by atoms with Gasteiger partial charge in [0, 0.05) is 11.4 Å². The molecule has 0 bridgehead atoms. The molecule has 0 fully saturated rings. The van der Waals surface area contributed by atoms with Gasteiger partial charge in [-0.15, -0.1) is 22.7 Å². The van der Waals surface area contributed by atoms with Crippen LogP contribution in [0.25, 0.3) is 21.9 Å². The molecule has 0 spiro atoms. The molecule has 1 aliphatic rings. The average molecular weight is 393 g/mol. The fourth-order valence-corrected chi connectivity index (χ4v) is 5.01. The molecule has 0 aromatic carbocycles. The summed E-state index contributed by atoms with van der Waals surface area (Å²) in [4.78, 5) is 19.6.